The van der Waals surface area contributed by atoms with E-state index in [1.165, 1.54) is 0 Å². The van der Waals surface area contributed by atoms with Gasteiger partial charge < -0.3 is 24.8 Å². The molecular weight excluding hydrogens is 448 g/mol. The van der Waals surface area contributed by atoms with E-state index in [9.17, 15) is 19.5 Å². The quantitative estimate of drug-likeness (QED) is 0.659. The Kier molecular flexibility index (Phi) is 6.72. The van der Waals surface area contributed by atoms with Gasteiger partial charge in [0.05, 0.1) is 31.6 Å². The third-order valence-corrected chi connectivity index (χ3v) is 7.37. The zero-order valence-electron chi connectivity index (χ0n) is 19.5. The van der Waals surface area contributed by atoms with E-state index in [1.807, 2.05) is 24.3 Å². The Balaban J connectivity index is 1.22. The van der Waals surface area contributed by atoms with Crippen LogP contribution in [0.15, 0.2) is 48.5 Å². The van der Waals surface area contributed by atoms with Crippen LogP contribution in [0.2, 0.25) is 0 Å². The Hall–Kier alpha value is -3.39. The number of likely N-dealkylation sites (tertiary alicyclic amines) is 1. The molecule has 0 spiro atoms. The molecule has 2 aromatic rings. The molecule has 3 atom stereocenters. The molecule has 8 nitrogen and oxygen atoms in total. The first-order valence-electron chi connectivity index (χ1n) is 12.2. The van der Waals surface area contributed by atoms with Gasteiger partial charge in [0, 0.05) is 18.5 Å². The number of carbonyl (C=O) groups excluding carboxylic acids is 2. The number of nitrogens with zero attached hydrogens (tertiary/aromatic N) is 1. The fraction of sp³-hybridized carbons (Fsp3) is 0.444. The second-order valence-corrected chi connectivity index (χ2v) is 9.50. The highest BCUT2D eigenvalue weighted by molar-refractivity contribution is 5.82. The topological polar surface area (TPSA) is 105 Å². The van der Waals surface area contributed by atoms with Gasteiger partial charge in [0.25, 0.3) is 0 Å². The number of rotatable bonds is 6. The largest absolute Gasteiger partial charge is 0.481 e. The van der Waals surface area contributed by atoms with Crippen molar-refractivity contribution in [1.82, 2.24) is 10.2 Å². The highest BCUT2D eigenvalue weighted by atomic mass is 16.5. The maximum absolute atomic E-state index is 13.3. The lowest BCUT2D eigenvalue weighted by molar-refractivity contribution is -0.144. The third-order valence-electron chi connectivity index (χ3n) is 7.37. The van der Waals surface area contributed by atoms with Crippen LogP contribution in [-0.4, -0.2) is 66.4 Å². The van der Waals surface area contributed by atoms with Crippen LogP contribution >= 0.6 is 0 Å². The fourth-order valence-electron chi connectivity index (χ4n) is 5.65. The van der Waals surface area contributed by atoms with Crippen LogP contribution in [0.5, 0.6) is 0 Å². The number of nitrogens with one attached hydrogen (secondary N) is 1. The van der Waals surface area contributed by atoms with E-state index in [-0.39, 0.29) is 44.1 Å². The van der Waals surface area contributed by atoms with Crippen molar-refractivity contribution < 1.29 is 29.0 Å². The van der Waals surface area contributed by atoms with Gasteiger partial charge in [-0.2, -0.15) is 0 Å². The second-order valence-electron chi connectivity index (χ2n) is 9.50. The highest BCUT2D eigenvalue weighted by Crippen LogP contribution is 2.44. The monoisotopic (exact) mass is 478 g/mol. The molecule has 0 aromatic heterocycles. The average molecular weight is 479 g/mol. The summed E-state index contributed by atoms with van der Waals surface area (Å²) >= 11 is 0. The number of aliphatic carboxylic acids is 1. The minimum atomic E-state index is -0.911. The van der Waals surface area contributed by atoms with Crippen LogP contribution in [0.3, 0.4) is 0 Å². The Morgan fingerprint density at radius 2 is 1.69 bits per heavy atom. The third kappa shape index (κ3) is 4.75. The molecule has 2 aliphatic heterocycles. The smallest absolute Gasteiger partial charge is 0.407 e. The summed E-state index contributed by atoms with van der Waals surface area (Å²) in [7, 11) is 0. The van der Waals surface area contributed by atoms with Gasteiger partial charge in [-0.1, -0.05) is 48.5 Å². The van der Waals surface area contributed by atoms with Crippen molar-refractivity contribution in [1.29, 1.82) is 0 Å². The average Bonchev–Trinajstić information content (AvgIpc) is 3.45. The van der Waals surface area contributed by atoms with Gasteiger partial charge >= 0.3 is 12.1 Å². The van der Waals surface area contributed by atoms with Gasteiger partial charge in [0.1, 0.15) is 6.61 Å². The summed E-state index contributed by atoms with van der Waals surface area (Å²) in [5.41, 5.74) is 4.58. The fourth-order valence-corrected chi connectivity index (χ4v) is 5.65. The van der Waals surface area contributed by atoms with Crippen molar-refractivity contribution >= 4 is 18.0 Å². The predicted molar refractivity (Wildman–Crippen MR) is 128 cm³/mol. The lowest BCUT2D eigenvalue weighted by atomic mass is 9.95. The Bertz CT molecular complexity index is 1070. The summed E-state index contributed by atoms with van der Waals surface area (Å²) in [4.78, 5) is 39.0. The number of carboxylic acids is 1. The molecule has 0 radical (unpaired) electrons. The number of fused-ring (bicyclic) bond motifs is 3. The minimum Gasteiger partial charge on any atom is -0.481 e. The van der Waals surface area contributed by atoms with E-state index in [4.69, 9.17) is 9.47 Å². The number of hydrogen-bond acceptors (Lipinski definition) is 5. The number of carboxylic acid groups (broad SMARTS) is 1. The molecule has 8 heteroatoms. The SMILES string of the molecule is O=C(O)C[C@H]1CCCCN1C(=O)C1COCC1NC(=O)OCC1c2ccccc2-c2ccccc21. The summed E-state index contributed by atoms with van der Waals surface area (Å²) < 4.78 is 11.2. The number of ether oxygens (including phenoxy) is 2. The Morgan fingerprint density at radius 3 is 2.37 bits per heavy atom. The van der Waals surface area contributed by atoms with Crippen LogP contribution in [0.1, 0.15) is 42.7 Å². The molecule has 3 aliphatic rings. The molecule has 2 fully saturated rings. The van der Waals surface area contributed by atoms with E-state index in [0.29, 0.717) is 13.0 Å². The van der Waals surface area contributed by atoms with Crippen molar-refractivity contribution in [2.45, 2.75) is 43.7 Å². The Labute approximate surface area is 204 Å². The van der Waals surface area contributed by atoms with Crippen molar-refractivity contribution in [2.24, 2.45) is 5.92 Å². The number of hydrogen-bond donors (Lipinski definition) is 2. The molecular formula is C27H30N2O6. The first-order valence-corrected chi connectivity index (χ1v) is 12.2. The summed E-state index contributed by atoms with van der Waals surface area (Å²) in [6, 6.07) is 15.5. The zero-order valence-corrected chi connectivity index (χ0v) is 19.5. The molecule has 2 unspecified atom stereocenters. The normalized spacial score (nSPS) is 23.4. The van der Waals surface area contributed by atoms with Crippen LogP contribution < -0.4 is 5.32 Å². The molecule has 35 heavy (non-hydrogen) atoms. The van der Waals surface area contributed by atoms with Gasteiger partial charge in [-0.3, -0.25) is 9.59 Å². The predicted octanol–water partition coefficient (Wildman–Crippen LogP) is 3.40. The molecule has 5 rings (SSSR count). The molecule has 1 aliphatic carbocycles. The summed E-state index contributed by atoms with van der Waals surface area (Å²) in [5, 5.41) is 12.1. The van der Waals surface area contributed by atoms with E-state index in [2.05, 4.69) is 29.6 Å². The van der Waals surface area contributed by atoms with E-state index < -0.39 is 24.0 Å². The van der Waals surface area contributed by atoms with Crippen LogP contribution in [0.4, 0.5) is 4.79 Å². The zero-order chi connectivity index (χ0) is 24.4. The maximum atomic E-state index is 13.3. The first-order chi connectivity index (χ1) is 17.0. The summed E-state index contributed by atoms with van der Waals surface area (Å²) in [6.45, 7) is 1.14. The molecule has 2 saturated heterocycles. The van der Waals surface area contributed by atoms with Crippen molar-refractivity contribution in [3.63, 3.8) is 0 Å². The van der Waals surface area contributed by atoms with Crippen LogP contribution in [0.25, 0.3) is 11.1 Å². The molecule has 2 amide bonds. The molecule has 184 valence electrons. The van der Waals surface area contributed by atoms with Gasteiger partial charge in [-0.05, 0) is 41.5 Å². The summed E-state index contributed by atoms with van der Waals surface area (Å²) in [5.74, 6) is -1.66. The molecule has 2 heterocycles. The first kappa shape index (κ1) is 23.4. The lowest BCUT2D eigenvalue weighted by Gasteiger charge is -2.37. The van der Waals surface area contributed by atoms with Gasteiger partial charge in [-0.15, -0.1) is 0 Å². The Morgan fingerprint density at radius 1 is 1.00 bits per heavy atom. The van der Waals surface area contributed by atoms with Crippen molar-refractivity contribution in [3.05, 3.63) is 59.7 Å². The minimum absolute atomic E-state index is 0.0458. The lowest BCUT2D eigenvalue weighted by Crippen LogP contribution is -2.52. The van der Waals surface area contributed by atoms with Gasteiger partial charge in [-0.25, -0.2) is 4.79 Å². The molecule has 2 aromatic carbocycles. The number of amides is 2. The second kappa shape index (κ2) is 10.1. The summed E-state index contributed by atoms with van der Waals surface area (Å²) in [6.07, 6.45) is 1.78. The van der Waals surface area contributed by atoms with Gasteiger partial charge in [0.2, 0.25) is 5.91 Å². The number of carbonyl (C=O) groups is 3. The van der Waals surface area contributed by atoms with Gasteiger partial charge in [0.15, 0.2) is 0 Å². The van der Waals surface area contributed by atoms with Crippen LogP contribution in [0, 0.1) is 5.92 Å². The standard InChI is InChI=1S/C27H30N2O6/c30-25(31)13-17-7-5-6-12-29(17)26(32)23-14-34-16-24(23)28-27(33)35-15-22-20-10-3-1-8-18(20)19-9-2-4-11-21(19)22/h1-4,8-11,17,22-24H,5-7,12-16H2,(H,28,33)(H,30,31)/t17-,23?,24?/m1/s1. The molecule has 0 saturated carbocycles. The van der Waals surface area contributed by atoms with E-state index in [0.717, 1.165) is 35.1 Å². The maximum Gasteiger partial charge on any atom is 0.407 e. The van der Waals surface area contributed by atoms with Crippen LogP contribution in [-0.2, 0) is 19.1 Å². The van der Waals surface area contributed by atoms with Crippen molar-refractivity contribution in [2.75, 3.05) is 26.4 Å². The molecule has 2 N–H and O–H groups in total. The number of piperidine rings is 1. The van der Waals surface area contributed by atoms with Crippen molar-refractivity contribution in [3.8, 4) is 11.1 Å². The number of alkyl carbamates (subject to hydrolysis) is 1. The van der Waals surface area contributed by atoms with E-state index >= 15 is 0 Å². The van der Waals surface area contributed by atoms with E-state index in [1.54, 1.807) is 4.90 Å². The molecule has 0 bridgehead atoms. The highest BCUT2D eigenvalue weighted by Gasteiger charge is 2.41. The number of benzene rings is 2.